The zero-order valence-corrected chi connectivity index (χ0v) is 24.3. The van der Waals surface area contributed by atoms with Gasteiger partial charge in [-0.2, -0.15) is 4.73 Å². The largest absolute Gasteiger partial charge is 0.618 e. The van der Waals surface area contributed by atoms with Gasteiger partial charge in [-0.3, -0.25) is 4.98 Å². The van der Waals surface area contributed by atoms with Gasteiger partial charge in [0.25, 0.3) is 0 Å². The Morgan fingerprint density at radius 1 is 0.795 bits per heavy atom. The van der Waals surface area contributed by atoms with E-state index in [0.29, 0.717) is 19.0 Å². The monoisotopic (exact) mass is 540 g/mol. The first-order valence-corrected chi connectivity index (χ1v) is 13.9. The molecule has 2 aromatic heterocycles. The molecule has 0 saturated carbocycles. The molecule has 0 radical (unpaired) electrons. The normalized spacial score (nSPS) is 17.2. The van der Waals surface area contributed by atoms with E-state index in [1.807, 2.05) is 72.0 Å². The predicted octanol–water partition coefficient (Wildman–Crippen LogP) is 5.63. The van der Waals surface area contributed by atoms with Gasteiger partial charge in [-0.15, -0.1) is 0 Å². The Balaban J connectivity index is 0.000000216. The highest BCUT2D eigenvalue weighted by atomic mass is 16.6. The van der Waals surface area contributed by atoms with Gasteiger partial charge in [0.05, 0.1) is 0 Å². The van der Waals surface area contributed by atoms with E-state index in [-0.39, 0.29) is 18.1 Å². The molecule has 2 amide bonds. The van der Waals surface area contributed by atoms with Gasteiger partial charge in [-0.25, -0.2) is 9.59 Å². The van der Waals surface area contributed by atoms with E-state index >= 15 is 0 Å². The second-order valence-electron chi connectivity index (χ2n) is 12.2. The molecule has 0 N–H and O–H groups in total. The van der Waals surface area contributed by atoms with E-state index in [9.17, 15) is 14.8 Å². The first-order chi connectivity index (χ1) is 18.3. The summed E-state index contributed by atoms with van der Waals surface area (Å²) in [6, 6.07) is 11.5. The average Bonchev–Trinajstić information content (AvgIpc) is 2.88. The van der Waals surface area contributed by atoms with Crippen molar-refractivity contribution in [2.24, 2.45) is 0 Å². The Labute approximate surface area is 232 Å². The van der Waals surface area contributed by atoms with Crippen molar-refractivity contribution in [1.82, 2.24) is 14.8 Å². The van der Waals surface area contributed by atoms with Crippen LogP contribution in [0.4, 0.5) is 9.59 Å². The summed E-state index contributed by atoms with van der Waals surface area (Å²) in [5, 5.41) is 11.7. The molecule has 2 aromatic rings. The van der Waals surface area contributed by atoms with Crippen LogP contribution in [-0.4, -0.2) is 64.4 Å². The van der Waals surface area contributed by atoms with Gasteiger partial charge in [0, 0.05) is 62.0 Å². The first-order valence-electron chi connectivity index (χ1n) is 13.9. The van der Waals surface area contributed by atoms with E-state index in [1.54, 1.807) is 15.9 Å². The summed E-state index contributed by atoms with van der Waals surface area (Å²) in [7, 11) is 0. The molecule has 9 heteroatoms. The zero-order valence-electron chi connectivity index (χ0n) is 24.3. The number of hydrogen-bond acceptors (Lipinski definition) is 6. The number of rotatable bonds is 2. The summed E-state index contributed by atoms with van der Waals surface area (Å²) in [5.74, 6) is 0.673. The van der Waals surface area contributed by atoms with Crippen molar-refractivity contribution in [2.45, 2.75) is 90.3 Å². The second-order valence-corrected chi connectivity index (χ2v) is 12.2. The highest BCUT2D eigenvalue weighted by Crippen LogP contribution is 2.28. The third-order valence-electron chi connectivity index (χ3n) is 6.67. The van der Waals surface area contributed by atoms with Crippen LogP contribution in [-0.2, 0) is 9.47 Å². The number of ether oxygens (including phenoxy) is 2. The Hall–Kier alpha value is -3.36. The highest BCUT2D eigenvalue weighted by molar-refractivity contribution is 5.68. The second kappa shape index (κ2) is 13.1. The fourth-order valence-electron chi connectivity index (χ4n) is 4.74. The van der Waals surface area contributed by atoms with Crippen LogP contribution >= 0.6 is 0 Å². The summed E-state index contributed by atoms with van der Waals surface area (Å²) in [6.45, 7) is 14.0. The number of hydrogen-bond donors (Lipinski definition) is 0. The fraction of sp³-hybridized carbons (Fsp3) is 0.600. The molecule has 4 rings (SSSR count). The topological polar surface area (TPSA) is 98.9 Å². The average molecular weight is 541 g/mol. The van der Waals surface area contributed by atoms with Gasteiger partial charge in [-0.05, 0) is 79.4 Å². The van der Waals surface area contributed by atoms with Crippen LogP contribution in [0.2, 0.25) is 0 Å². The third-order valence-corrected chi connectivity index (χ3v) is 6.67. The van der Waals surface area contributed by atoms with Gasteiger partial charge >= 0.3 is 12.2 Å². The van der Waals surface area contributed by atoms with Gasteiger partial charge in [0.1, 0.15) is 11.2 Å². The van der Waals surface area contributed by atoms with Crippen molar-refractivity contribution in [3.63, 3.8) is 0 Å². The Morgan fingerprint density at radius 2 is 1.28 bits per heavy atom. The minimum Gasteiger partial charge on any atom is -0.618 e. The van der Waals surface area contributed by atoms with Crippen LogP contribution in [0.5, 0.6) is 0 Å². The summed E-state index contributed by atoms with van der Waals surface area (Å²) >= 11 is 0. The molecule has 0 aliphatic carbocycles. The molecule has 2 saturated heterocycles. The minimum atomic E-state index is -0.467. The summed E-state index contributed by atoms with van der Waals surface area (Å²) in [4.78, 5) is 31.8. The van der Waals surface area contributed by atoms with Crippen LogP contribution in [0.3, 0.4) is 0 Å². The molecule has 0 aromatic carbocycles. The number of amides is 2. The van der Waals surface area contributed by atoms with Crippen molar-refractivity contribution in [2.75, 3.05) is 26.2 Å². The van der Waals surface area contributed by atoms with Crippen LogP contribution < -0.4 is 4.73 Å². The van der Waals surface area contributed by atoms with E-state index in [1.165, 1.54) is 6.20 Å². The lowest BCUT2D eigenvalue weighted by atomic mass is 9.93. The lowest BCUT2D eigenvalue weighted by Gasteiger charge is -2.33. The van der Waals surface area contributed by atoms with E-state index in [0.717, 1.165) is 54.9 Å². The Bertz CT molecular complexity index is 1060. The number of carbonyl (C=O) groups excluding carboxylic acids is 2. The standard InChI is InChI=1S/C15H22N2O3.C15H22N2O2/c1-15(2,3)20-14(18)16-10-7-12(8-11-16)13-6-4-5-9-17(13)19;1-15(2,3)19-14(18)17-10-7-12(8-11-17)13-6-4-5-9-16-13/h4-6,9,12H,7-8,10-11H2,1-3H3;4-6,9,12H,7-8,10-11H2,1-3H3. The summed E-state index contributed by atoms with van der Waals surface area (Å²) < 4.78 is 11.7. The fourth-order valence-corrected chi connectivity index (χ4v) is 4.74. The van der Waals surface area contributed by atoms with Crippen LogP contribution in [0.25, 0.3) is 0 Å². The number of piperidine rings is 2. The van der Waals surface area contributed by atoms with Crippen LogP contribution in [0.1, 0.15) is 90.4 Å². The van der Waals surface area contributed by atoms with Gasteiger partial charge in [0.15, 0.2) is 11.9 Å². The van der Waals surface area contributed by atoms with E-state index in [2.05, 4.69) is 11.1 Å². The molecule has 0 atom stereocenters. The zero-order chi connectivity index (χ0) is 28.6. The molecule has 4 heterocycles. The predicted molar refractivity (Wildman–Crippen MR) is 149 cm³/mol. The van der Waals surface area contributed by atoms with Crippen molar-refractivity contribution < 1.29 is 23.8 Å². The molecular formula is C30H44N4O5. The van der Waals surface area contributed by atoms with E-state index in [4.69, 9.17) is 9.47 Å². The summed E-state index contributed by atoms with van der Waals surface area (Å²) in [6.07, 6.45) is 6.39. The smallest absolute Gasteiger partial charge is 0.410 e. The molecule has 0 unspecified atom stereocenters. The number of pyridine rings is 2. The number of nitrogens with zero attached hydrogens (tertiary/aromatic N) is 4. The number of carbonyl (C=O) groups is 2. The summed E-state index contributed by atoms with van der Waals surface area (Å²) in [5.41, 5.74) is 1.03. The molecule has 0 bridgehead atoms. The van der Waals surface area contributed by atoms with Crippen molar-refractivity contribution in [3.05, 3.63) is 65.4 Å². The number of aromatic nitrogens is 2. The molecule has 214 valence electrons. The highest BCUT2D eigenvalue weighted by Gasteiger charge is 2.30. The van der Waals surface area contributed by atoms with E-state index < -0.39 is 11.2 Å². The van der Waals surface area contributed by atoms with Crippen molar-refractivity contribution >= 4 is 12.2 Å². The van der Waals surface area contributed by atoms with Crippen LogP contribution in [0, 0.1) is 5.21 Å². The molecule has 2 aliphatic rings. The maximum absolute atomic E-state index is 12.0. The SMILES string of the molecule is CC(C)(C)OC(=O)N1CCC(c2cccc[n+]2[O-])CC1.CC(C)(C)OC(=O)N1CCC(c2ccccn2)CC1. The molecule has 9 nitrogen and oxygen atoms in total. The molecule has 2 fully saturated rings. The van der Waals surface area contributed by atoms with Gasteiger partial charge < -0.3 is 24.5 Å². The Kier molecular flexibility index (Phi) is 10.2. The van der Waals surface area contributed by atoms with Gasteiger partial charge in [-0.1, -0.05) is 12.1 Å². The Morgan fingerprint density at radius 3 is 1.72 bits per heavy atom. The van der Waals surface area contributed by atoms with Crippen molar-refractivity contribution in [1.29, 1.82) is 0 Å². The molecule has 2 aliphatic heterocycles. The maximum Gasteiger partial charge on any atom is 0.410 e. The van der Waals surface area contributed by atoms with Crippen molar-refractivity contribution in [3.8, 4) is 0 Å². The quantitative estimate of drug-likeness (QED) is 0.362. The third kappa shape index (κ3) is 9.71. The molecule has 0 spiro atoms. The lowest BCUT2D eigenvalue weighted by molar-refractivity contribution is -0.616. The minimum absolute atomic E-state index is 0.202. The molecular weight excluding hydrogens is 496 g/mol. The van der Waals surface area contributed by atoms with Gasteiger partial charge in [0.2, 0.25) is 0 Å². The number of likely N-dealkylation sites (tertiary alicyclic amines) is 2. The maximum atomic E-state index is 12.0. The first kappa shape index (κ1) is 30.2. The molecule has 39 heavy (non-hydrogen) atoms. The lowest BCUT2D eigenvalue weighted by Crippen LogP contribution is -2.43. The van der Waals surface area contributed by atoms with Crippen LogP contribution in [0.15, 0.2) is 48.8 Å².